The van der Waals surface area contributed by atoms with Crippen LogP contribution in [-0.2, 0) is 0 Å². The Morgan fingerprint density at radius 2 is 0.762 bits per heavy atom. The maximum Gasteiger partial charge on any atom is 0.0633 e. The van der Waals surface area contributed by atoms with Crippen LogP contribution < -0.4 is 10.6 Å². The fraction of sp³-hybridized carbons (Fsp3) is 0.211. The number of hydrogen-bond acceptors (Lipinski definition) is 4. The molecule has 0 radical (unpaired) electrons. The molecule has 4 heteroatoms. The van der Waals surface area contributed by atoms with Crippen LogP contribution in [0.3, 0.4) is 0 Å². The molecular weight excluding hydrogens is 512 g/mol. The van der Waals surface area contributed by atoms with Crippen LogP contribution in [-0.4, -0.2) is 11.4 Å². The van der Waals surface area contributed by atoms with Crippen molar-refractivity contribution in [2.45, 2.75) is 54.4 Å². The lowest BCUT2D eigenvalue weighted by Crippen LogP contribution is -2.06. The molecule has 0 saturated carbocycles. The maximum atomic E-state index is 5.05. The van der Waals surface area contributed by atoms with Gasteiger partial charge < -0.3 is 10.6 Å². The van der Waals surface area contributed by atoms with Crippen LogP contribution in [0, 0.1) is 27.7 Å². The summed E-state index contributed by atoms with van der Waals surface area (Å²) in [4.78, 5) is 10.1. The number of nitrogens with zero attached hydrogens (tertiary/aromatic N) is 2. The smallest absolute Gasteiger partial charge is 0.0633 e. The lowest BCUT2D eigenvalue weighted by atomic mass is 10.1. The monoisotopic (exact) mass is 554 g/mol. The summed E-state index contributed by atoms with van der Waals surface area (Å²) in [6.07, 6.45) is 5.76. The number of aliphatic imine (C=N–C) groups is 2. The molecule has 0 spiro atoms. The van der Waals surface area contributed by atoms with Crippen molar-refractivity contribution >= 4 is 34.2 Å². The Morgan fingerprint density at radius 1 is 0.476 bits per heavy atom. The summed E-state index contributed by atoms with van der Waals surface area (Å²) in [5, 5.41) is 7.04. The molecule has 0 unspecified atom stereocenters. The quantitative estimate of drug-likeness (QED) is 0.181. The molecule has 0 heterocycles. The van der Waals surface area contributed by atoms with Crippen LogP contribution in [0.2, 0.25) is 0 Å². The van der Waals surface area contributed by atoms with Crippen molar-refractivity contribution in [1.82, 2.24) is 0 Å². The SMILES string of the molecule is CC(=CC(CCC(C=C(C)Nc1ccc(C)cc1)=Nc1ccc(C)cc1)=Nc1ccc(C)cc1)Nc1ccc(C)cc1. The fourth-order valence-electron chi connectivity index (χ4n) is 4.45. The van der Waals surface area contributed by atoms with Crippen molar-refractivity contribution in [2.75, 3.05) is 10.6 Å². The normalized spacial score (nSPS) is 12.8. The van der Waals surface area contributed by atoms with E-state index in [2.05, 4.69) is 161 Å². The van der Waals surface area contributed by atoms with E-state index in [4.69, 9.17) is 9.98 Å². The summed E-state index contributed by atoms with van der Waals surface area (Å²) in [7, 11) is 0. The molecule has 4 aromatic carbocycles. The lowest BCUT2D eigenvalue weighted by molar-refractivity contribution is 1.14. The third-order valence-corrected chi connectivity index (χ3v) is 6.80. The highest BCUT2D eigenvalue weighted by Gasteiger charge is 2.06. The number of benzene rings is 4. The third-order valence-electron chi connectivity index (χ3n) is 6.80. The zero-order valence-electron chi connectivity index (χ0n) is 25.7. The van der Waals surface area contributed by atoms with Crippen LogP contribution in [0.1, 0.15) is 48.9 Å². The van der Waals surface area contributed by atoms with Gasteiger partial charge in [-0.15, -0.1) is 0 Å². The average molecular weight is 555 g/mol. The molecule has 42 heavy (non-hydrogen) atoms. The Morgan fingerprint density at radius 3 is 1.07 bits per heavy atom. The van der Waals surface area contributed by atoms with E-state index in [1.807, 2.05) is 0 Å². The van der Waals surface area contributed by atoms with E-state index in [-0.39, 0.29) is 0 Å². The van der Waals surface area contributed by atoms with E-state index in [9.17, 15) is 0 Å². The second kappa shape index (κ2) is 14.8. The van der Waals surface area contributed by atoms with Gasteiger partial charge in [0.1, 0.15) is 0 Å². The minimum Gasteiger partial charge on any atom is -0.359 e. The first-order chi connectivity index (χ1) is 20.2. The molecule has 0 aliphatic heterocycles. The van der Waals surface area contributed by atoms with Crippen LogP contribution in [0.15, 0.2) is 131 Å². The summed E-state index contributed by atoms with van der Waals surface area (Å²) in [6.45, 7) is 12.6. The van der Waals surface area contributed by atoms with Crippen LogP contribution in [0.25, 0.3) is 0 Å². The number of hydrogen-bond donors (Lipinski definition) is 2. The second-order valence-corrected chi connectivity index (χ2v) is 11.0. The minimum atomic E-state index is 0.736. The van der Waals surface area contributed by atoms with E-state index in [1.54, 1.807) is 0 Å². The summed E-state index contributed by atoms with van der Waals surface area (Å²) in [5.74, 6) is 0. The topological polar surface area (TPSA) is 48.8 Å². The first kappa shape index (κ1) is 30.3. The van der Waals surface area contributed by atoms with Crippen molar-refractivity contribution in [2.24, 2.45) is 9.98 Å². The van der Waals surface area contributed by atoms with Crippen LogP contribution in [0.4, 0.5) is 22.7 Å². The standard InChI is InChI=1S/C38H42N4/c1-27-7-15-33(16-8-27)39-31(5)25-37(41-35-19-11-29(3)12-20-35)23-24-38(42-36-21-13-30(4)14-22-36)26-32(6)40-34-17-9-28(2)10-18-34/h7-22,25-26,39-40H,23-24H2,1-6H3. The number of allylic oxidation sites excluding steroid dienone is 4. The maximum absolute atomic E-state index is 5.05. The molecule has 2 N–H and O–H groups in total. The summed E-state index contributed by atoms with van der Waals surface area (Å²) in [5.41, 5.74) is 13.0. The van der Waals surface area contributed by atoms with E-state index in [0.717, 1.165) is 58.4 Å². The van der Waals surface area contributed by atoms with Gasteiger partial charge in [0.25, 0.3) is 0 Å². The molecular formula is C38H42N4. The number of aryl methyl sites for hydroxylation is 4. The van der Waals surface area contributed by atoms with Crippen LogP contribution in [0.5, 0.6) is 0 Å². The Kier molecular flexibility index (Phi) is 10.7. The predicted octanol–water partition coefficient (Wildman–Crippen LogP) is 10.6. The van der Waals surface area contributed by atoms with Gasteiger partial charge in [-0.3, -0.25) is 9.98 Å². The molecule has 0 bridgehead atoms. The highest BCUT2D eigenvalue weighted by molar-refractivity contribution is 6.03. The molecule has 4 aromatic rings. The molecule has 0 aliphatic carbocycles. The number of nitrogens with one attached hydrogen (secondary N) is 2. The Hall–Kier alpha value is -4.70. The van der Waals surface area contributed by atoms with Crippen molar-refractivity contribution < 1.29 is 0 Å². The summed E-state index contributed by atoms with van der Waals surface area (Å²) in [6, 6.07) is 33.6. The average Bonchev–Trinajstić information content (AvgIpc) is 2.96. The summed E-state index contributed by atoms with van der Waals surface area (Å²) < 4.78 is 0. The van der Waals surface area contributed by atoms with Crippen LogP contribution >= 0.6 is 0 Å². The highest BCUT2D eigenvalue weighted by Crippen LogP contribution is 2.20. The molecule has 0 aliphatic rings. The Balaban J connectivity index is 1.61. The fourth-order valence-corrected chi connectivity index (χ4v) is 4.45. The number of anilines is 2. The van der Waals surface area contributed by atoms with Gasteiger partial charge in [0.2, 0.25) is 0 Å². The first-order valence-corrected chi connectivity index (χ1v) is 14.5. The zero-order valence-corrected chi connectivity index (χ0v) is 25.7. The van der Waals surface area contributed by atoms with Crippen molar-refractivity contribution in [3.63, 3.8) is 0 Å². The van der Waals surface area contributed by atoms with Crippen molar-refractivity contribution in [1.29, 1.82) is 0 Å². The molecule has 0 amide bonds. The van der Waals surface area contributed by atoms with Gasteiger partial charge in [0, 0.05) is 34.2 Å². The van der Waals surface area contributed by atoms with E-state index in [1.165, 1.54) is 22.3 Å². The van der Waals surface area contributed by atoms with Gasteiger partial charge >= 0.3 is 0 Å². The first-order valence-electron chi connectivity index (χ1n) is 14.5. The highest BCUT2D eigenvalue weighted by atomic mass is 14.9. The Labute approximate surface area is 251 Å². The molecule has 0 atom stereocenters. The van der Waals surface area contributed by atoms with E-state index < -0.39 is 0 Å². The predicted molar refractivity (Wildman–Crippen MR) is 183 cm³/mol. The largest absolute Gasteiger partial charge is 0.359 e. The molecule has 4 rings (SSSR count). The van der Waals surface area contributed by atoms with Gasteiger partial charge in [-0.05, 0) is 115 Å². The molecule has 0 aromatic heterocycles. The number of rotatable bonds is 11. The van der Waals surface area contributed by atoms with Gasteiger partial charge in [-0.25, -0.2) is 0 Å². The van der Waals surface area contributed by atoms with Crippen molar-refractivity contribution in [3.8, 4) is 0 Å². The van der Waals surface area contributed by atoms with Crippen molar-refractivity contribution in [3.05, 3.63) is 143 Å². The van der Waals surface area contributed by atoms with Gasteiger partial charge in [0.15, 0.2) is 0 Å². The molecule has 4 nitrogen and oxygen atoms in total. The van der Waals surface area contributed by atoms with Gasteiger partial charge in [-0.1, -0.05) is 70.8 Å². The van der Waals surface area contributed by atoms with Gasteiger partial charge in [0.05, 0.1) is 11.4 Å². The summed E-state index contributed by atoms with van der Waals surface area (Å²) >= 11 is 0. The van der Waals surface area contributed by atoms with E-state index >= 15 is 0 Å². The van der Waals surface area contributed by atoms with E-state index in [0.29, 0.717) is 0 Å². The zero-order chi connectivity index (χ0) is 29.9. The second-order valence-electron chi connectivity index (χ2n) is 11.0. The van der Waals surface area contributed by atoms with Gasteiger partial charge in [-0.2, -0.15) is 0 Å². The molecule has 0 saturated heterocycles. The minimum absolute atomic E-state index is 0.736. The third kappa shape index (κ3) is 10.0. The lowest BCUT2D eigenvalue weighted by Gasteiger charge is -2.11. The molecule has 214 valence electrons. The Bertz CT molecular complexity index is 1450. The molecule has 0 fully saturated rings.